The fourth-order valence-corrected chi connectivity index (χ4v) is 6.13. The van der Waals surface area contributed by atoms with Crippen LogP contribution in [0.3, 0.4) is 0 Å². The molecule has 0 heteroatoms. The van der Waals surface area contributed by atoms with Crippen LogP contribution in [0, 0.1) is 13.8 Å². The van der Waals surface area contributed by atoms with Crippen LogP contribution in [0.15, 0.2) is 146 Å². The van der Waals surface area contributed by atoms with Crippen LogP contribution in [-0.4, -0.2) is 0 Å². The first-order valence-corrected chi connectivity index (χ1v) is 14.0. The average Bonchev–Trinajstić information content (AvgIpc) is 3.04. The van der Waals surface area contributed by atoms with E-state index in [9.17, 15) is 0 Å². The Hall–Kier alpha value is -4.94. The molecule has 0 unspecified atom stereocenters. The van der Waals surface area contributed by atoms with Crippen molar-refractivity contribution in [2.75, 3.05) is 0 Å². The molecule has 7 aromatic rings. The van der Waals surface area contributed by atoms with Crippen molar-refractivity contribution in [1.29, 1.82) is 0 Å². The third kappa shape index (κ3) is 4.10. The van der Waals surface area contributed by atoms with Gasteiger partial charge in [0.2, 0.25) is 0 Å². The van der Waals surface area contributed by atoms with Crippen LogP contribution in [0.1, 0.15) is 11.1 Å². The van der Waals surface area contributed by atoms with Gasteiger partial charge < -0.3 is 0 Å². The molecule has 0 atom stereocenters. The molecule has 0 heterocycles. The minimum atomic E-state index is 1.24. The SMILES string of the molecule is Cc1c(C)c2cc(-c3ccccc3-c3ccccc3)ccc2c2ccc(-c3ccccc3-c3ccccc3)cc12. The predicted octanol–water partition coefficient (Wildman–Crippen LogP) is 11.3. The van der Waals surface area contributed by atoms with Crippen LogP contribution >= 0.6 is 0 Å². The number of hydrogen-bond acceptors (Lipinski definition) is 0. The Labute approximate surface area is 236 Å². The van der Waals surface area contributed by atoms with E-state index in [1.165, 1.54) is 77.2 Å². The van der Waals surface area contributed by atoms with Crippen LogP contribution < -0.4 is 0 Å². The molecule has 0 saturated heterocycles. The van der Waals surface area contributed by atoms with Gasteiger partial charge in [0.1, 0.15) is 0 Å². The summed E-state index contributed by atoms with van der Waals surface area (Å²) in [5.41, 5.74) is 12.7. The third-order valence-electron chi connectivity index (χ3n) is 8.35. The summed E-state index contributed by atoms with van der Waals surface area (Å²) in [5, 5.41) is 5.26. The van der Waals surface area contributed by atoms with Gasteiger partial charge in [0.25, 0.3) is 0 Å². The third-order valence-corrected chi connectivity index (χ3v) is 8.35. The summed E-state index contributed by atoms with van der Waals surface area (Å²) in [6, 6.07) is 52.8. The molecule has 7 rings (SSSR count). The van der Waals surface area contributed by atoms with E-state index in [1.807, 2.05) is 0 Å². The zero-order chi connectivity index (χ0) is 27.1. The van der Waals surface area contributed by atoms with Gasteiger partial charge in [0.15, 0.2) is 0 Å². The maximum atomic E-state index is 2.39. The molecule has 0 spiro atoms. The fourth-order valence-electron chi connectivity index (χ4n) is 6.13. The van der Waals surface area contributed by atoms with Gasteiger partial charge >= 0.3 is 0 Å². The quantitative estimate of drug-likeness (QED) is 0.207. The number of fused-ring (bicyclic) bond motifs is 3. The van der Waals surface area contributed by atoms with E-state index in [4.69, 9.17) is 0 Å². The second-order valence-corrected chi connectivity index (χ2v) is 10.6. The molecule has 0 aliphatic rings. The fraction of sp³-hybridized carbons (Fsp3) is 0.0500. The van der Waals surface area contributed by atoms with Crippen LogP contribution in [0.25, 0.3) is 66.1 Å². The van der Waals surface area contributed by atoms with E-state index in [2.05, 4.69) is 159 Å². The van der Waals surface area contributed by atoms with E-state index >= 15 is 0 Å². The maximum absolute atomic E-state index is 2.39. The summed E-state index contributed by atoms with van der Waals surface area (Å²) >= 11 is 0. The van der Waals surface area contributed by atoms with Gasteiger partial charge in [0.05, 0.1) is 0 Å². The van der Waals surface area contributed by atoms with Gasteiger partial charge in [-0.2, -0.15) is 0 Å². The number of hydrogen-bond donors (Lipinski definition) is 0. The van der Waals surface area contributed by atoms with Gasteiger partial charge in [-0.05, 0) is 103 Å². The lowest BCUT2D eigenvalue weighted by Gasteiger charge is -2.17. The van der Waals surface area contributed by atoms with Crippen LogP contribution in [0.2, 0.25) is 0 Å². The predicted molar refractivity (Wildman–Crippen MR) is 173 cm³/mol. The van der Waals surface area contributed by atoms with Crippen molar-refractivity contribution in [1.82, 2.24) is 0 Å². The molecular formula is C40H30. The molecule has 0 bridgehead atoms. The summed E-state index contributed by atoms with van der Waals surface area (Å²) in [5.74, 6) is 0. The van der Waals surface area contributed by atoms with E-state index in [1.54, 1.807) is 0 Å². The van der Waals surface area contributed by atoms with E-state index in [-0.39, 0.29) is 0 Å². The van der Waals surface area contributed by atoms with Crippen LogP contribution in [0.5, 0.6) is 0 Å². The first-order chi connectivity index (χ1) is 19.7. The Morgan fingerprint density at radius 2 is 0.600 bits per heavy atom. The van der Waals surface area contributed by atoms with Crippen molar-refractivity contribution in [2.45, 2.75) is 13.8 Å². The molecule has 190 valence electrons. The minimum absolute atomic E-state index is 1.24. The van der Waals surface area contributed by atoms with E-state index < -0.39 is 0 Å². The first kappa shape index (κ1) is 24.1. The molecule has 40 heavy (non-hydrogen) atoms. The Bertz CT molecular complexity index is 1850. The van der Waals surface area contributed by atoms with Crippen molar-refractivity contribution >= 4 is 21.5 Å². The van der Waals surface area contributed by atoms with E-state index in [0.29, 0.717) is 0 Å². The zero-order valence-electron chi connectivity index (χ0n) is 22.9. The molecule has 7 aromatic carbocycles. The monoisotopic (exact) mass is 510 g/mol. The second kappa shape index (κ2) is 9.98. The molecule has 0 amide bonds. The smallest absolute Gasteiger partial charge is 0.0102 e. The molecule has 0 aliphatic heterocycles. The Kier molecular flexibility index (Phi) is 6.02. The van der Waals surface area contributed by atoms with Crippen molar-refractivity contribution in [2.24, 2.45) is 0 Å². The second-order valence-electron chi connectivity index (χ2n) is 10.6. The zero-order valence-corrected chi connectivity index (χ0v) is 22.9. The summed E-state index contributed by atoms with van der Waals surface area (Å²) in [6.45, 7) is 4.54. The average molecular weight is 511 g/mol. The molecule has 0 fully saturated rings. The highest BCUT2D eigenvalue weighted by molar-refractivity contribution is 6.12. The summed E-state index contributed by atoms with van der Waals surface area (Å²) in [7, 11) is 0. The lowest BCUT2D eigenvalue weighted by atomic mass is 9.87. The highest BCUT2D eigenvalue weighted by atomic mass is 14.2. The maximum Gasteiger partial charge on any atom is -0.0102 e. The molecule has 0 saturated carbocycles. The minimum Gasteiger partial charge on any atom is -0.0622 e. The van der Waals surface area contributed by atoms with Gasteiger partial charge in [0, 0.05) is 0 Å². The molecule has 0 aliphatic carbocycles. The van der Waals surface area contributed by atoms with Gasteiger partial charge in [-0.25, -0.2) is 0 Å². The Morgan fingerprint density at radius 1 is 0.275 bits per heavy atom. The lowest BCUT2D eigenvalue weighted by molar-refractivity contribution is 1.41. The highest BCUT2D eigenvalue weighted by Crippen LogP contribution is 2.40. The lowest BCUT2D eigenvalue weighted by Crippen LogP contribution is -1.92. The van der Waals surface area contributed by atoms with E-state index in [0.717, 1.165) is 0 Å². The normalized spacial score (nSPS) is 11.2. The standard InChI is InChI=1S/C40H30/c1-27-28(2)40-26-32(36-20-12-10-18-34(36)30-15-7-4-8-16-30)22-24-38(40)37-23-21-31(25-39(27)37)35-19-11-9-17-33(35)29-13-5-3-6-14-29/h3-26H,1-2H3. The van der Waals surface area contributed by atoms with Crippen LogP contribution in [-0.2, 0) is 0 Å². The van der Waals surface area contributed by atoms with Crippen molar-refractivity contribution < 1.29 is 0 Å². The Morgan fingerprint density at radius 3 is 0.975 bits per heavy atom. The van der Waals surface area contributed by atoms with Crippen molar-refractivity contribution in [3.8, 4) is 44.5 Å². The van der Waals surface area contributed by atoms with Gasteiger partial charge in [-0.1, -0.05) is 133 Å². The highest BCUT2D eigenvalue weighted by Gasteiger charge is 2.14. The summed E-state index contributed by atoms with van der Waals surface area (Å²) in [6.07, 6.45) is 0. The van der Waals surface area contributed by atoms with Gasteiger partial charge in [-0.3, -0.25) is 0 Å². The molecule has 0 aromatic heterocycles. The van der Waals surface area contributed by atoms with Gasteiger partial charge in [-0.15, -0.1) is 0 Å². The topological polar surface area (TPSA) is 0 Å². The number of rotatable bonds is 4. The largest absolute Gasteiger partial charge is 0.0622 e. The summed E-state index contributed by atoms with van der Waals surface area (Å²) in [4.78, 5) is 0. The summed E-state index contributed by atoms with van der Waals surface area (Å²) < 4.78 is 0. The van der Waals surface area contributed by atoms with Crippen molar-refractivity contribution in [3.05, 3.63) is 157 Å². The Balaban J connectivity index is 1.39. The molecule has 0 radical (unpaired) electrons. The number of aryl methyl sites for hydroxylation is 2. The molecular weight excluding hydrogens is 480 g/mol. The number of benzene rings is 7. The van der Waals surface area contributed by atoms with Crippen LogP contribution in [0.4, 0.5) is 0 Å². The molecule has 0 nitrogen and oxygen atoms in total. The molecule has 0 N–H and O–H groups in total. The first-order valence-electron chi connectivity index (χ1n) is 14.0. The van der Waals surface area contributed by atoms with Crippen molar-refractivity contribution in [3.63, 3.8) is 0 Å².